The Bertz CT molecular complexity index is 304. The van der Waals surface area contributed by atoms with Crippen molar-refractivity contribution in [1.29, 1.82) is 0 Å². The molecule has 0 saturated carbocycles. The number of nitrogens with two attached hydrogens (primary N) is 1. The lowest BCUT2D eigenvalue weighted by Gasteiger charge is -2.07. The zero-order valence-corrected chi connectivity index (χ0v) is 8.18. The van der Waals surface area contributed by atoms with E-state index in [2.05, 4.69) is 0 Å². The van der Waals surface area contributed by atoms with Crippen LogP contribution in [0.25, 0.3) is 0 Å². The molecule has 5 heteroatoms. The van der Waals surface area contributed by atoms with E-state index in [1.54, 1.807) is 24.3 Å². The summed E-state index contributed by atoms with van der Waals surface area (Å²) in [6.07, 6.45) is 0. The average Bonchev–Trinajstić information content (AvgIpc) is 2.04. The molecule has 0 bridgehead atoms. The molecular weight excluding hydrogens is 213 g/mol. The van der Waals surface area contributed by atoms with Crippen molar-refractivity contribution in [3.63, 3.8) is 0 Å². The fraction of sp³-hybridized carbons (Fsp3) is 0.125. The highest BCUT2D eigenvalue weighted by Crippen LogP contribution is 2.20. The van der Waals surface area contributed by atoms with Crippen LogP contribution in [-0.4, -0.2) is 11.1 Å². The third-order valence-electron chi connectivity index (χ3n) is 1.51. The summed E-state index contributed by atoms with van der Waals surface area (Å²) >= 11 is 5.72. The van der Waals surface area contributed by atoms with Crippen molar-refractivity contribution in [3.05, 3.63) is 34.9 Å². The molecule has 0 heterocycles. The van der Waals surface area contributed by atoms with Gasteiger partial charge in [0.2, 0.25) is 0 Å². The molecule has 1 aromatic rings. The van der Waals surface area contributed by atoms with Crippen LogP contribution < -0.4 is 5.73 Å². The number of benzene rings is 1. The largest absolute Gasteiger partial charge is 0.480 e. The number of carboxylic acids is 1. The van der Waals surface area contributed by atoms with Crippen LogP contribution in [0.4, 0.5) is 0 Å². The standard InChI is InChI=1S/C8H8ClNO2.ClH/c9-6-4-2-1-3-5(6)7(10)8(11)12;/h1-4,7H,10H2,(H,11,12);1H. The van der Waals surface area contributed by atoms with E-state index in [1.807, 2.05) is 0 Å². The van der Waals surface area contributed by atoms with Gasteiger partial charge in [0.15, 0.2) is 0 Å². The third-order valence-corrected chi connectivity index (χ3v) is 1.85. The Morgan fingerprint density at radius 1 is 1.46 bits per heavy atom. The van der Waals surface area contributed by atoms with Gasteiger partial charge >= 0.3 is 5.97 Å². The predicted octanol–water partition coefficient (Wildman–Crippen LogP) is 1.85. The zero-order chi connectivity index (χ0) is 9.14. The van der Waals surface area contributed by atoms with E-state index in [0.717, 1.165) is 0 Å². The van der Waals surface area contributed by atoms with Gasteiger partial charge in [-0.25, -0.2) is 0 Å². The summed E-state index contributed by atoms with van der Waals surface area (Å²) in [5.74, 6) is -1.08. The molecular formula is C8H9Cl2NO2. The van der Waals surface area contributed by atoms with Crippen LogP contribution in [0.1, 0.15) is 11.6 Å². The molecule has 3 nitrogen and oxygen atoms in total. The monoisotopic (exact) mass is 221 g/mol. The molecule has 1 aromatic carbocycles. The topological polar surface area (TPSA) is 63.3 Å². The highest BCUT2D eigenvalue weighted by atomic mass is 35.5. The Balaban J connectivity index is 0.00000144. The summed E-state index contributed by atoms with van der Waals surface area (Å²) in [6, 6.07) is 5.59. The molecule has 1 rings (SSSR count). The number of halogens is 2. The van der Waals surface area contributed by atoms with Gasteiger partial charge in [-0.05, 0) is 11.6 Å². The van der Waals surface area contributed by atoms with Gasteiger partial charge in [0.1, 0.15) is 6.04 Å². The Kier molecular flexibility index (Phi) is 4.77. The van der Waals surface area contributed by atoms with E-state index >= 15 is 0 Å². The lowest BCUT2D eigenvalue weighted by molar-refractivity contribution is -0.138. The summed E-state index contributed by atoms with van der Waals surface area (Å²) in [4.78, 5) is 10.5. The average molecular weight is 222 g/mol. The second-order valence-corrected chi connectivity index (χ2v) is 2.74. The molecule has 0 aliphatic rings. The van der Waals surface area contributed by atoms with Gasteiger partial charge in [0, 0.05) is 5.02 Å². The highest BCUT2D eigenvalue weighted by Gasteiger charge is 2.16. The van der Waals surface area contributed by atoms with E-state index in [9.17, 15) is 4.79 Å². The zero-order valence-electron chi connectivity index (χ0n) is 6.61. The summed E-state index contributed by atoms with van der Waals surface area (Å²) in [7, 11) is 0. The minimum Gasteiger partial charge on any atom is -0.480 e. The van der Waals surface area contributed by atoms with Gasteiger partial charge in [-0.3, -0.25) is 4.79 Å². The van der Waals surface area contributed by atoms with Gasteiger partial charge in [0.05, 0.1) is 0 Å². The molecule has 13 heavy (non-hydrogen) atoms. The predicted molar refractivity (Wildman–Crippen MR) is 53.3 cm³/mol. The van der Waals surface area contributed by atoms with E-state index in [-0.39, 0.29) is 12.4 Å². The second kappa shape index (κ2) is 5.07. The van der Waals surface area contributed by atoms with Crippen molar-refractivity contribution >= 4 is 30.0 Å². The quantitative estimate of drug-likeness (QED) is 0.802. The van der Waals surface area contributed by atoms with Crippen molar-refractivity contribution in [2.45, 2.75) is 6.04 Å². The smallest absolute Gasteiger partial charge is 0.325 e. The van der Waals surface area contributed by atoms with Gasteiger partial charge in [0.25, 0.3) is 0 Å². The summed E-state index contributed by atoms with van der Waals surface area (Å²) in [5.41, 5.74) is 5.79. The maximum Gasteiger partial charge on any atom is 0.325 e. The van der Waals surface area contributed by atoms with Crippen LogP contribution in [-0.2, 0) is 4.79 Å². The van der Waals surface area contributed by atoms with E-state index < -0.39 is 12.0 Å². The fourth-order valence-electron chi connectivity index (χ4n) is 0.860. The number of carboxylic acid groups (broad SMARTS) is 1. The van der Waals surface area contributed by atoms with Crippen LogP contribution in [0.2, 0.25) is 5.02 Å². The summed E-state index contributed by atoms with van der Waals surface area (Å²) in [5, 5.41) is 8.96. The first-order chi connectivity index (χ1) is 5.63. The number of hydrogen-bond donors (Lipinski definition) is 2. The van der Waals surface area contributed by atoms with Gasteiger partial charge < -0.3 is 10.8 Å². The Morgan fingerprint density at radius 2 is 2.00 bits per heavy atom. The molecule has 0 saturated heterocycles. The van der Waals surface area contributed by atoms with Gasteiger partial charge in [-0.1, -0.05) is 29.8 Å². The molecule has 0 fully saturated rings. The van der Waals surface area contributed by atoms with E-state index in [1.165, 1.54) is 0 Å². The van der Waals surface area contributed by atoms with Crippen LogP contribution in [0.3, 0.4) is 0 Å². The first-order valence-corrected chi connectivity index (χ1v) is 3.73. The second-order valence-electron chi connectivity index (χ2n) is 2.34. The number of aliphatic carboxylic acids is 1. The maximum atomic E-state index is 10.5. The maximum absolute atomic E-state index is 10.5. The van der Waals surface area contributed by atoms with Crippen molar-refractivity contribution in [1.82, 2.24) is 0 Å². The number of hydrogen-bond acceptors (Lipinski definition) is 2. The van der Waals surface area contributed by atoms with Crippen LogP contribution in [0, 0.1) is 0 Å². The first kappa shape index (κ1) is 12.2. The molecule has 0 amide bonds. The van der Waals surface area contributed by atoms with Gasteiger partial charge in [-0.15, -0.1) is 12.4 Å². The normalized spacial score (nSPS) is 11.5. The Morgan fingerprint density at radius 3 is 2.46 bits per heavy atom. The highest BCUT2D eigenvalue weighted by molar-refractivity contribution is 6.31. The van der Waals surface area contributed by atoms with Crippen LogP contribution >= 0.6 is 24.0 Å². The molecule has 72 valence electrons. The molecule has 0 aliphatic heterocycles. The summed E-state index contributed by atoms with van der Waals surface area (Å²) in [6.45, 7) is 0. The lowest BCUT2D eigenvalue weighted by atomic mass is 10.1. The molecule has 3 N–H and O–H groups in total. The third kappa shape index (κ3) is 2.88. The fourth-order valence-corrected chi connectivity index (χ4v) is 1.11. The SMILES string of the molecule is Cl.NC(C(=O)O)c1ccccc1Cl. The summed E-state index contributed by atoms with van der Waals surface area (Å²) < 4.78 is 0. The molecule has 0 spiro atoms. The minimum atomic E-state index is -1.08. The van der Waals surface area contributed by atoms with Gasteiger partial charge in [-0.2, -0.15) is 0 Å². The van der Waals surface area contributed by atoms with Crippen LogP contribution in [0.15, 0.2) is 24.3 Å². The molecule has 1 unspecified atom stereocenters. The van der Waals surface area contributed by atoms with Crippen molar-refractivity contribution in [2.24, 2.45) is 5.73 Å². The van der Waals surface area contributed by atoms with Crippen molar-refractivity contribution in [2.75, 3.05) is 0 Å². The minimum absolute atomic E-state index is 0. The van der Waals surface area contributed by atoms with Crippen molar-refractivity contribution < 1.29 is 9.90 Å². The van der Waals surface area contributed by atoms with Crippen LogP contribution in [0.5, 0.6) is 0 Å². The lowest BCUT2D eigenvalue weighted by Crippen LogP contribution is -2.20. The Labute approximate surface area is 86.9 Å². The number of rotatable bonds is 2. The number of carbonyl (C=O) groups is 1. The first-order valence-electron chi connectivity index (χ1n) is 3.35. The molecule has 0 radical (unpaired) electrons. The molecule has 1 atom stereocenters. The van der Waals surface area contributed by atoms with Crippen molar-refractivity contribution in [3.8, 4) is 0 Å². The van der Waals surface area contributed by atoms with E-state index in [4.69, 9.17) is 22.4 Å². The molecule has 0 aliphatic carbocycles. The Hall–Kier alpha value is -0.770. The van der Waals surface area contributed by atoms with E-state index in [0.29, 0.717) is 10.6 Å². The molecule has 0 aromatic heterocycles.